The van der Waals surface area contributed by atoms with Crippen molar-refractivity contribution in [2.24, 2.45) is 11.7 Å². The Morgan fingerprint density at radius 2 is 2.18 bits per heavy atom. The number of esters is 1. The summed E-state index contributed by atoms with van der Waals surface area (Å²) in [6.45, 7) is 4.03. The minimum absolute atomic E-state index is 0.215. The van der Waals surface area contributed by atoms with Crippen LogP contribution in [-0.2, 0) is 9.53 Å². The fourth-order valence-electron chi connectivity index (χ4n) is 1.00. The zero-order valence-electron chi connectivity index (χ0n) is 7.46. The van der Waals surface area contributed by atoms with Crippen LogP contribution < -0.4 is 5.73 Å². The van der Waals surface area contributed by atoms with Crippen LogP contribution >= 0.6 is 0 Å². The van der Waals surface area contributed by atoms with Gasteiger partial charge in [0.2, 0.25) is 0 Å². The third-order valence-electron chi connectivity index (χ3n) is 1.83. The molecule has 0 fully saturated rings. The van der Waals surface area contributed by atoms with Crippen molar-refractivity contribution in [2.75, 3.05) is 7.11 Å². The Balaban J connectivity index is 3.80. The van der Waals surface area contributed by atoms with Gasteiger partial charge in [0.05, 0.1) is 7.11 Å². The Hall–Kier alpha value is -0.570. The van der Waals surface area contributed by atoms with Crippen LogP contribution in [0.5, 0.6) is 0 Å². The molecule has 0 bridgehead atoms. The minimum atomic E-state index is -0.458. The van der Waals surface area contributed by atoms with Crippen LogP contribution in [0.2, 0.25) is 0 Å². The van der Waals surface area contributed by atoms with E-state index in [1.54, 1.807) is 0 Å². The second-order valence-corrected chi connectivity index (χ2v) is 2.81. The van der Waals surface area contributed by atoms with Crippen molar-refractivity contribution in [3.63, 3.8) is 0 Å². The Morgan fingerprint density at radius 3 is 2.55 bits per heavy atom. The summed E-state index contributed by atoms with van der Waals surface area (Å²) in [6, 6.07) is -0.458. The summed E-state index contributed by atoms with van der Waals surface area (Å²) >= 11 is 0. The van der Waals surface area contributed by atoms with E-state index >= 15 is 0 Å². The molecule has 0 aliphatic carbocycles. The number of methoxy groups -OCH3 is 1. The maximum absolute atomic E-state index is 10.9. The van der Waals surface area contributed by atoms with Gasteiger partial charge in [-0.1, -0.05) is 20.3 Å². The predicted molar refractivity (Wildman–Crippen MR) is 44.1 cm³/mol. The maximum atomic E-state index is 10.9. The highest BCUT2D eigenvalue weighted by molar-refractivity contribution is 5.75. The van der Waals surface area contributed by atoms with Crippen molar-refractivity contribution >= 4 is 5.97 Å². The Bertz CT molecular complexity index is 125. The molecule has 0 spiro atoms. The highest BCUT2D eigenvalue weighted by Crippen LogP contribution is 2.09. The molecule has 11 heavy (non-hydrogen) atoms. The fourth-order valence-corrected chi connectivity index (χ4v) is 1.00. The van der Waals surface area contributed by atoms with Crippen LogP contribution in [0.4, 0.5) is 0 Å². The van der Waals surface area contributed by atoms with Gasteiger partial charge in [0.1, 0.15) is 6.04 Å². The molecular weight excluding hydrogens is 142 g/mol. The summed E-state index contributed by atoms with van der Waals surface area (Å²) in [7, 11) is 1.36. The van der Waals surface area contributed by atoms with Gasteiger partial charge in [-0.15, -0.1) is 0 Å². The van der Waals surface area contributed by atoms with E-state index in [0.717, 1.165) is 12.8 Å². The summed E-state index contributed by atoms with van der Waals surface area (Å²) in [4.78, 5) is 10.9. The molecule has 0 unspecified atom stereocenters. The van der Waals surface area contributed by atoms with E-state index in [9.17, 15) is 4.79 Å². The number of rotatable bonds is 4. The average molecular weight is 159 g/mol. The topological polar surface area (TPSA) is 52.3 Å². The molecule has 0 saturated heterocycles. The van der Waals surface area contributed by atoms with E-state index in [2.05, 4.69) is 11.7 Å². The monoisotopic (exact) mass is 159 g/mol. The lowest BCUT2D eigenvalue weighted by Gasteiger charge is -2.16. The van der Waals surface area contributed by atoms with Crippen LogP contribution in [0, 0.1) is 5.92 Å². The van der Waals surface area contributed by atoms with E-state index in [1.807, 2.05) is 6.92 Å². The molecular formula is C8H17NO2. The third-order valence-corrected chi connectivity index (χ3v) is 1.83. The fraction of sp³-hybridized carbons (Fsp3) is 0.875. The molecule has 2 N–H and O–H groups in total. The lowest BCUT2D eigenvalue weighted by molar-refractivity contribution is -0.143. The van der Waals surface area contributed by atoms with Gasteiger partial charge in [-0.2, -0.15) is 0 Å². The molecule has 3 heteroatoms. The van der Waals surface area contributed by atoms with Gasteiger partial charge >= 0.3 is 5.97 Å². The molecule has 0 saturated carbocycles. The number of hydrogen-bond donors (Lipinski definition) is 1. The SMILES string of the molecule is CCC[C@@H](C)[C@H](N)C(=O)OC. The molecule has 66 valence electrons. The number of carbonyl (C=O) groups excluding carboxylic acids is 1. The van der Waals surface area contributed by atoms with Gasteiger partial charge in [-0.05, 0) is 12.3 Å². The van der Waals surface area contributed by atoms with Gasteiger partial charge in [-0.25, -0.2) is 0 Å². The lowest BCUT2D eigenvalue weighted by atomic mass is 9.98. The quantitative estimate of drug-likeness (QED) is 0.621. The van der Waals surface area contributed by atoms with Crippen molar-refractivity contribution in [3.8, 4) is 0 Å². The molecule has 3 nitrogen and oxygen atoms in total. The molecule has 0 heterocycles. The zero-order valence-corrected chi connectivity index (χ0v) is 7.46. The van der Waals surface area contributed by atoms with E-state index in [-0.39, 0.29) is 11.9 Å². The van der Waals surface area contributed by atoms with Gasteiger partial charge < -0.3 is 10.5 Å². The molecule has 0 rings (SSSR count). The summed E-state index contributed by atoms with van der Waals surface area (Å²) < 4.78 is 4.52. The second-order valence-electron chi connectivity index (χ2n) is 2.81. The van der Waals surface area contributed by atoms with Crippen LogP contribution in [0.1, 0.15) is 26.7 Å². The van der Waals surface area contributed by atoms with Crippen molar-refractivity contribution in [1.29, 1.82) is 0 Å². The predicted octanol–water partition coefficient (Wildman–Crippen LogP) is 0.923. The third kappa shape index (κ3) is 3.37. The first-order valence-corrected chi connectivity index (χ1v) is 3.96. The largest absolute Gasteiger partial charge is 0.468 e. The van der Waals surface area contributed by atoms with E-state index in [0.29, 0.717) is 0 Å². The van der Waals surface area contributed by atoms with Crippen molar-refractivity contribution in [1.82, 2.24) is 0 Å². The van der Waals surface area contributed by atoms with Gasteiger partial charge in [0, 0.05) is 0 Å². The second kappa shape index (κ2) is 5.13. The van der Waals surface area contributed by atoms with Crippen LogP contribution in [0.15, 0.2) is 0 Å². The van der Waals surface area contributed by atoms with Gasteiger partial charge in [0.15, 0.2) is 0 Å². The molecule has 0 aromatic heterocycles. The minimum Gasteiger partial charge on any atom is -0.468 e. The van der Waals surface area contributed by atoms with Gasteiger partial charge in [-0.3, -0.25) is 4.79 Å². The Kier molecular flexibility index (Phi) is 4.86. The highest BCUT2D eigenvalue weighted by atomic mass is 16.5. The molecule has 0 aliphatic heterocycles. The van der Waals surface area contributed by atoms with Crippen molar-refractivity contribution < 1.29 is 9.53 Å². The number of ether oxygens (including phenoxy) is 1. The summed E-state index contributed by atoms with van der Waals surface area (Å²) in [5.74, 6) is -0.0987. The lowest BCUT2D eigenvalue weighted by Crippen LogP contribution is -2.37. The zero-order chi connectivity index (χ0) is 8.85. The molecule has 2 atom stereocenters. The molecule has 0 amide bonds. The van der Waals surface area contributed by atoms with Crippen LogP contribution in [-0.4, -0.2) is 19.1 Å². The van der Waals surface area contributed by atoms with E-state index in [4.69, 9.17) is 5.73 Å². The van der Waals surface area contributed by atoms with Crippen molar-refractivity contribution in [3.05, 3.63) is 0 Å². The molecule has 0 aromatic carbocycles. The smallest absolute Gasteiger partial charge is 0.322 e. The average Bonchev–Trinajstić information content (AvgIpc) is 2.02. The van der Waals surface area contributed by atoms with E-state index in [1.165, 1.54) is 7.11 Å². The maximum Gasteiger partial charge on any atom is 0.322 e. The normalized spacial score (nSPS) is 15.6. The molecule has 0 aliphatic rings. The summed E-state index contributed by atoms with van der Waals surface area (Å²) in [5.41, 5.74) is 5.58. The first-order valence-electron chi connectivity index (χ1n) is 3.96. The van der Waals surface area contributed by atoms with Crippen LogP contribution in [0.3, 0.4) is 0 Å². The standard InChI is InChI=1S/C8H17NO2/c1-4-5-6(2)7(9)8(10)11-3/h6-7H,4-5,9H2,1-3H3/t6-,7+/m1/s1. The van der Waals surface area contributed by atoms with Crippen molar-refractivity contribution in [2.45, 2.75) is 32.7 Å². The summed E-state index contributed by atoms with van der Waals surface area (Å²) in [5, 5.41) is 0. The first kappa shape index (κ1) is 10.4. The highest BCUT2D eigenvalue weighted by Gasteiger charge is 2.19. The van der Waals surface area contributed by atoms with Gasteiger partial charge in [0.25, 0.3) is 0 Å². The van der Waals surface area contributed by atoms with Crippen LogP contribution in [0.25, 0.3) is 0 Å². The van der Waals surface area contributed by atoms with E-state index < -0.39 is 6.04 Å². The molecule has 0 radical (unpaired) electrons. The Morgan fingerprint density at radius 1 is 1.64 bits per heavy atom. The summed E-state index contributed by atoms with van der Waals surface area (Å²) in [6.07, 6.45) is 2.02. The Labute approximate surface area is 67.9 Å². The molecule has 0 aromatic rings. The number of carbonyl (C=O) groups is 1. The number of nitrogens with two attached hydrogens (primary N) is 1. The first-order chi connectivity index (χ1) is 5.13. The number of hydrogen-bond acceptors (Lipinski definition) is 3.